The lowest BCUT2D eigenvalue weighted by Crippen LogP contribution is -2.19. The van der Waals surface area contributed by atoms with Gasteiger partial charge in [0, 0.05) is 17.2 Å². The quantitative estimate of drug-likeness (QED) is 0.525. The first-order valence-corrected chi connectivity index (χ1v) is 4.58. The van der Waals surface area contributed by atoms with Crippen LogP contribution >= 0.6 is 11.3 Å². The largest absolute Gasteiger partial charge is 0.292 e. The van der Waals surface area contributed by atoms with Gasteiger partial charge in [-0.2, -0.15) is 0 Å². The van der Waals surface area contributed by atoms with E-state index in [1.54, 1.807) is 12.3 Å². The number of carbonyl (C=O) groups excluding carboxylic acids is 2. The van der Waals surface area contributed by atoms with Crippen molar-refractivity contribution in [3.63, 3.8) is 0 Å². The predicted octanol–water partition coefficient (Wildman–Crippen LogP) is 0.573. The van der Waals surface area contributed by atoms with Crippen molar-refractivity contribution in [2.75, 3.05) is 0 Å². The normalized spacial score (nSPS) is 19.5. The van der Waals surface area contributed by atoms with Crippen molar-refractivity contribution in [2.45, 2.75) is 6.42 Å². The van der Waals surface area contributed by atoms with Gasteiger partial charge < -0.3 is 0 Å². The molecule has 0 aromatic carbocycles. The fourth-order valence-electron chi connectivity index (χ4n) is 1.08. The van der Waals surface area contributed by atoms with Gasteiger partial charge in [0.05, 0.1) is 6.42 Å². The number of thiazole rings is 1. The third-order valence-corrected chi connectivity index (χ3v) is 2.37. The van der Waals surface area contributed by atoms with E-state index < -0.39 is 0 Å². The molecule has 0 aliphatic carbocycles. The van der Waals surface area contributed by atoms with E-state index in [9.17, 15) is 9.59 Å². The fraction of sp³-hybridized carbons (Fsp3) is 0.125. The molecule has 1 aliphatic rings. The summed E-state index contributed by atoms with van der Waals surface area (Å²) in [5, 5.41) is 4.78. The number of carbonyl (C=O) groups is 2. The summed E-state index contributed by atoms with van der Waals surface area (Å²) in [6, 6.07) is 0. The Kier molecular flexibility index (Phi) is 1.94. The van der Waals surface area contributed by atoms with Crippen LogP contribution in [0.1, 0.15) is 11.4 Å². The van der Waals surface area contributed by atoms with E-state index in [0.717, 1.165) is 5.01 Å². The lowest BCUT2D eigenvalue weighted by molar-refractivity contribution is -0.124. The summed E-state index contributed by atoms with van der Waals surface area (Å²) in [5.74, 6) is -0.548. The SMILES string of the molecule is O=C1C/C(=C\c2nccs2)C(=O)N1. The van der Waals surface area contributed by atoms with E-state index in [1.807, 2.05) is 5.38 Å². The van der Waals surface area contributed by atoms with Gasteiger partial charge in [0.1, 0.15) is 5.01 Å². The van der Waals surface area contributed by atoms with Gasteiger partial charge in [-0.1, -0.05) is 0 Å². The number of nitrogens with one attached hydrogen (secondary N) is 1. The first-order chi connectivity index (χ1) is 6.25. The van der Waals surface area contributed by atoms with Crippen molar-refractivity contribution in [3.05, 3.63) is 22.2 Å². The standard InChI is InChI=1S/C8H6N2O2S/c11-6-3-5(8(12)10-6)4-7-9-1-2-13-7/h1-2,4H,3H2,(H,10,11,12)/b5-4+. The molecular weight excluding hydrogens is 188 g/mol. The molecule has 1 aromatic rings. The molecule has 13 heavy (non-hydrogen) atoms. The van der Waals surface area contributed by atoms with Crippen LogP contribution in [0.5, 0.6) is 0 Å². The summed E-state index contributed by atoms with van der Waals surface area (Å²) < 4.78 is 0. The van der Waals surface area contributed by atoms with E-state index in [1.165, 1.54) is 11.3 Å². The molecule has 1 N–H and O–H groups in total. The van der Waals surface area contributed by atoms with Crippen molar-refractivity contribution < 1.29 is 9.59 Å². The predicted molar refractivity (Wildman–Crippen MR) is 47.9 cm³/mol. The maximum atomic E-state index is 11.1. The highest BCUT2D eigenvalue weighted by Crippen LogP contribution is 2.15. The molecule has 4 nitrogen and oxygen atoms in total. The summed E-state index contributed by atoms with van der Waals surface area (Å²) in [6.45, 7) is 0. The van der Waals surface area contributed by atoms with Gasteiger partial charge in [-0.05, 0) is 6.08 Å². The van der Waals surface area contributed by atoms with Crippen molar-refractivity contribution >= 4 is 29.2 Å². The van der Waals surface area contributed by atoms with E-state index in [-0.39, 0.29) is 18.2 Å². The number of amides is 2. The molecule has 0 atom stereocenters. The number of rotatable bonds is 1. The Labute approximate surface area is 78.3 Å². The Morgan fingerprint density at radius 1 is 1.54 bits per heavy atom. The zero-order valence-electron chi connectivity index (χ0n) is 6.61. The molecule has 1 fully saturated rings. The van der Waals surface area contributed by atoms with Crippen molar-refractivity contribution in [3.8, 4) is 0 Å². The molecule has 0 bridgehead atoms. The number of hydrogen-bond acceptors (Lipinski definition) is 4. The average Bonchev–Trinajstić information content (AvgIpc) is 2.63. The maximum Gasteiger partial charge on any atom is 0.254 e. The summed E-state index contributed by atoms with van der Waals surface area (Å²) >= 11 is 1.43. The monoisotopic (exact) mass is 194 g/mol. The molecule has 0 radical (unpaired) electrons. The second-order valence-electron chi connectivity index (χ2n) is 2.59. The number of nitrogens with zero attached hydrogens (tertiary/aromatic N) is 1. The molecule has 2 rings (SSSR count). The molecule has 2 heterocycles. The van der Waals surface area contributed by atoms with Gasteiger partial charge in [0.15, 0.2) is 0 Å². The Balaban J connectivity index is 2.27. The zero-order chi connectivity index (χ0) is 9.26. The van der Waals surface area contributed by atoms with Gasteiger partial charge in [-0.3, -0.25) is 14.9 Å². The van der Waals surface area contributed by atoms with Crippen LogP contribution in [0.15, 0.2) is 17.2 Å². The van der Waals surface area contributed by atoms with Crippen LogP contribution in [0.2, 0.25) is 0 Å². The van der Waals surface area contributed by atoms with Crippen molar-refractivity contribution in [2.24, 2.45) is 0 Å². The third kappa shape index (κ3) is 1.65. The summed E-state index contributed by atoms with van der Waals surface area (Å²) in [6.07, 6.45) is 3.47. The summed E-state index contributed by atoms with van der Waals surface area (Å²) in [5.41, 5.74) is 0.486. The topological polar surface area (TPSA) is 59.1 Å². The van der Waals surface area contributed by atoms with Crippen LogP contribution in [0.3, 0.4) is 0 Å². The Morgan fingerprint density at radius 3 is 2.92 bits per heavy atom. The lowest BCUT2D eigenvalue weighted by atomic mass is 10.2. The van der Waals surface area contributed by atoms with Crippen LogP contribution in [-0.4, -0.2) is 16.8 Å². The Hall–Kier alpha value is -1.49. The lowest BCUT2D eigenvalue weighted by Gasteiger charge is -1.87. The van der Waals surface area contributed by atoms with Crippen molar-refractivity contribution in [1.29, 1.82) is 0 Å². The minimum Gasteiger partial charge on any atom is -0.292 e. The third-order valence-electron chi connectivity index (χ3n) is 1.64. The molecular formula is C8H6N2O2S. The van der Waals surface area contributed by atoms with E-state index in [4.69, 9.17) is 0 Å². The van der Waals surface area contributed by atoms with Crippen LogP contribution in [0, 0.1) is 0 Å². The highest BCUT2D eigenvalue weighted by molar-refractivity contribution is 7.10. The number of aromatic nitrogens is 1. The number of imide groups is 1. The van der Waals surface area contributed by atoms with Crippen LogP contribution < -0.4 is 5.32 Å². The Morgan fingerprint density at radius 2 is 2.38 bits per heavy atom. The van der Waals surface area contributed by atoms with Crippen LogP contribution in [-0.2, 0) is 9.59 Å². The van der Waals surface area contributed by atoms with Gasteiger partial charge in [-0.15, -0.1) is 11.3 Å². The maximum absolute atomic E-state index is 11.1. The zero-order valence-corrected chi connectivity index (χ0v) is 7.43. The van der Waals surface area contributed by atoms with Crippen LogP contribution in [0.4, 0.5) is 0 Å². The first kappa shape index (κ1) is 8.12. The van der Waals surface area contributed by atoms with Crippen LogP contribution in [0.25, 0.3) is 6.08 Å². The second kappa shape index (κ2) is 3.10. The minimum atomic E-state index is -0.305. The molecule has 0 unspecified atom stereocenters. The second-order valence-corrected chi connectivity index (χ2v) is 3.52. The molecule has 1 aromatic heterocycles. The average molecular weight is 194 g/mol. The van der Waals surface area contributed by atoms with Crippen molar-refractivity contribution in [1.82, 2.24) is 10.3 Å². The van der Waals surface area contributed by atoms with E-state index in [0.29, 0.717) is 5.57 Å². The molecule has 0 saturated carbocycles. The molecule has 1 saturated heterocycles. The molecule has 2 amide bonds. The summed E-state index contributed by atoms with van der Waals surface area (Å²) in [4.78, 5) is 25.9. The van der Waals surface area contributed by atoms with Gasteiger partial charge in [0.25, 0.3) is 5.91 Å². The minimum absolute atomic E-state index is 0.165. The number of hydrogen-bond donors (Lipinski definition) is 1. The summed E-state index contributed by atoms with van der Waals surface area (Å²) in [7, 11) is 0. The first-order valence-electron chi connectivity index (χ1n) is 3.70. The smallest absolute Gasteiger partial charge is 0.254 e. The highest BCUT2D eigenvalue weighted by Gasteiger charge is 2.23. The van der Waals surface area contributed by atoms with Gasteiger partial charge in [0.2, 0.25) is 5.91 Å². The molecule has 66 valence electrons. The molecule has 0 spiro atoms. The fourth-order valence-corrected chi connectivity index (χ4v) is 1.67. The van der Waals surface area contributed by atoms with Gasteiger partial charge >= 0.3 is 0 Å². The molecule has 1 aliphatic heterocycles. The van der Waals surface area contributed by atoms with E-state index >= 15 is 0 Å². The highest BCUT2D eigenvalue weighted by atomic mass is 32.1. The molecule has 5 heteroatoms. The van der Waals surface area contributed by atoms with E-state index in [2.05, 4.69) is 10.3 Å². The Bertz CT molecular complexity index is 381. The van der Waals surface area contributed by atoms with Gasteiger partial charge in [-0.25, -0.2) is 4.98 Å².